The molecule has 1 amide bonds. The highest BCUT2D eigenvalue weighted by Gasteiger charge is 2.24. The summed E-state index contributed by atoms with van der Waals surface area (Å²) in [5, 5.41) is 13.5. The number of aryl methyl sites for hydroxylation is 1. The molecule has 1 aromatic carbocycles. The lowest BCUT2D eigenvalue weighted by atomic mass is 9.87. The van der Waals surface area contributed by atoms with Gasteiger partial charge >= 0.3 is 0 Å². The Balaban J connectivity index is 1.81. The lowest BCUT2D eigenvalue weighted by Gasteiger charge is -2.22. The molecule has 0 spiro atoms. The van der Waals surface area contributed by atoms with E-state index >= 15 is 0 Å². The Morgan fingerprint density at radius 1 is 1.50 bits per heavy atom. The Morgan fingerprint density at radius 2 is 2.29 bits per heavy atom. The predicted octanol–water partition coefficient (Wildman–Crippen LogP) is 5.55. The first-order valence-electron chi connectivity index (χ1n) is 9.58. The van der Waals surface area contributed by atoms with Gasteiger partial charge in [0, 0.05) is 16.4 Å². The summed E-state index contributed by atoms with van der Waals surface area (Å²) in [5.74, 6) is 0.518. The van der Waals surface area contributed by atoms with Crippen LogP contribution in [0.15, 0.2) is 29.3 Å². The van der Waals surface area contributed by atoms with Gasteiger partial charge in [0.2, 0.25) is 5.91 Å². The Kier molecular flexibility index (Phi) is 6.64. The van der Waals surface area contributed by atoms with Crippen LogP contribution in [0.5, 0.6) is 0 Å². The number of anilines is 1. The third kappa shape index (κ3) is 4.51. The number of rotatable bonds is 5. The van der Waals surface area contributed by atoms with E-state index in [0.29, 0.717) is 33.6 Å². The fraction of sp³-hybridized carbons (Fsp3) is 0.409. The Morgan fingerprint density at radius 3 is 3.00 bits per heavy atom. The Bertz CT molecular complexity index is 938. The normalized spacial score (nSPS) is 16.8. The van der Waals surface area contributed by atoms with Crippen LogP contribution in [-0.4, -0.2) is 16.1 Å². The van der Waals surface area contributed by atoms with Crippen LogP contribution >= 0.6 is 23.4 Å². The van der Waals surface area contributed by atoms with Crippen LogP contribution in [0, 0.1) is 24.2 Å². The third-order valence-electron chi connectivity index (χ3n) is 5.16. The second-order valence-electron chi connectivity index (χ2n) is 7.32. The smallest absolute Gasteiger partial charge is 0.237 e. The van der Waals surface area contributed by atoms with Crippen molar-refractivity contribution in [3.8, 4) is 6.07 Å². The highest BCUT2D eigenvalue weighted by Crippen LogP contribution is 2.33. The zero-order chi connectivity index (χ0) is 20.3. The van der Waals surface area contributed by atoms with E-state index in [-0.39, 0.29) is 11.2 Å². The molecule has 2 aromatic rings. The number of pyridine rings is 1. The predicted molar refractivity (Wildman–Crippen MR) is 115 cm³/mol. The quantitative estimate of drug-likeness (QED) is 0.652. The molecule has 0 saturated carbocycles. The highest BCUT2D eigenvalue weighted by atomic mass is 35.5. The Hall–Kier alpha value is -2.03. The molecule has 1 aliphatic rings. The first kappa shape index (κ1) is 20.7. The van der Waals surface area contributed by atoms with Crippen LogP contribution < -0.4 is 5.32 Å². The van der Waals surface area contributed by atoms with E-state index in [0.717, 1.165) is 30.5 Å². The lowest BCUT2D eigenvalue weighted by molar-refractivity contribution is -0.115. The lowest BCUT2D eigenvalue weighted by Crippen LogP contribution is -2.25. The Labute approximate surface area is 175 Å². The molecular formula is C22H24ClN3OS. The number of amides is 1. The first-order chi connectivity index (χ1) is 13.4. The minimum Gasteiger partial charge on any atom is -0.325 e. The number of nitrogens with zero attached hydrogens (tertiary/aromatic N) is 2. The molecule has 0 radical (unpaired) electrons. The van der Waals surface area contributed by atoms with Gasteiger partial charge in [-0.3, -0.25) is 4.79 Å². The number of hydrogen-bond acceptors (Lipinski definition) is 4. The summed E-state index contributed by atoms with van der Waals surface area (Å²) >= 11 is 7.53. The van der Waals surface area contributed by atoms with Crippen LogP contribution in [0.3, 0.4) is 0 Å². The molecule has 6 heteroatoms. The molecule has 1 aromatic heterocycles. The molecule has 0 aliphatic heterocycles. The van der Waals surface area contributed by atoms with Crippen LogP contribution in [0.2, 0.25) is 5.02 Å². The van der Waals surface area contributed by atoms with Gasteiger partial charge in [-0.2, -0.15) is 5.26 Å². The van der Waals surface area contributed by atoms with Gasteiger partial charge < -0.3 is 5.32 Å². The summed E-state index contributed by atoms with van der Waals surface area (Å²) in [5.41, 5.74) is 4.36. The summed E-state index contributed by atoms with van der Waals surface area (Å²) < 4.78 is 0. The maximum absolute atomic E-state index is 12.9. The monoisotopic (exact) mass is 413 g/mol. The molecule has 0 bridgehead atoms. The minimum absolute atomic E-state index is 0.102. The van der Waals surface area contributed by atoms with Gasteiger partial charge in [0.05, 0.1) is 10.8 Å². The SMILES string of the molecule is CCC(Sc1nc2c(cc1C#N)CC(C)CC2)C(=O)Nc1cccc(Cl)c1C. The number of thioether (sulfide) groups is 1. The number of aromatic nitrogens is 1. The van der Waals surface area contributed by atoms with Crippen molar-refractivity contribution in [1.29, 1.82) is 5.26 Å². The minimum atomic E-state index is -0.335. The molecule has 1 heterocycles. The zero-order valence-electron chi connectivity index (χ0n) is 16.4. The molecule has 0 saturated heterocycles. The van der Waals surface area contributed by atoms with Crippen LogP contribution in [0.25, 0.3) is 0 Å². The number of carbonyl (C=O) groups excluding carboxylic acids is 1. The summed E-state index contributed by atoms with van der Waals surface area (Å²) in [7, 11) is 0. The molecule has 146 valence electrons. The van der Waals surface area contributed by atoms with Gasteiger partial charge in [0.1, 0.15) is 11.1 Å². The fourth-order valence-electron chi connectivity index (χ4n) is 3.41. The summed E-state index contributed by atoms with van der Waals surface area (Å²) in [4.78, 5) is 17.6. The van der Waals surface area contributed by atoms with Crippen molar-refractivity contribution in [2.75, 3.05) is 5.32 Å². The average Bonchev–Trinajstić information content (AvgIpc) is 2.68. The van der Waals surface area contributed by atoms with E-state index in [2.05, 4.69) is 18.3 Å². The van der Waals surface area contributed by atoms with Crippen molar-refractivity contribution in [1.82, 2.24) is 4.98 Å². The molecule has 2 unspecified atom stereocenters. The maximum atomic E-state index is 12.9. The summed E-state index contributed by atoms with van der Waals surface area (Å²) in [6.07, 6.45) is 3.65. The molecule has 4 nitrogen and oxygen atoms in total. The van der Waals surface area contributed by atoms with Crippen LogP contribution in [0.4, 0.5) is 5.69 Å². The van der Waals surface area contributed by atoms with E-state index < -0.39 is 0 Å². The van der Waals surface area contributed by atoms with Gasteiger partial charge in [-0.1, -0.05) is 43.3 Å². The van der Waals surface area contributed by atoms with Crippen molar-refractivity contribution >= 4 is 35.0 Å². The van der Waals surface area contributed by atoms with Gasteiger partial charge in [-0.05, 0) is 67.9 Å². The number of halogens is 1. The molecular weight excluding hydrogens is 390 g/mol. The van der Waals surface area contributed by atoms with Crippen LogP contribution in [0.1, 0.15) is 49.1 Å². The summed E-state index contributed by atoms with van der Waals surface area (Å²) in [6, 6.07) is 9.69. The van der Waals surface area contributed by atoms with E-state index in [9.17, 15) is 10.1 Å². The standard InChI is InChI=1S/C22H24ClN3OS/c1-4-20(21(27)25-18-7-5-6-17(23)14(18)3)28-22-16(12-24)11-15-10-13(2)8-9-19(15)26-22/h5-7,11,13,20H,4,8-10H2,1-3H3,(H,25,27). The molecule has 28 heavy (non-hydrogen) atoms. The number of benzene rings is 1. The van der Waals surface area contributed by atoms with Crippen molar-refractivity contribution < 1.29 is 4.79 Å². The van der Waals surface area contributed by atoms with E-state index in [1.807, 2.05) is 32.0 Å². The molecule has 0 fully saturated rings. The van der Waals surface area contributed by atoms with Gasteiger partial charge in [0.15, 0.2) is 0 Å². The first-order valence-corrected chi connectivity index (χ1v) is 10.8. The number of nitriles is 1. The van der Waals surface area contributed by atoms with E-state index in [4.69, 9.17) is 16.6 Å². The second-order valence-corrected chi connectivity index (χ2v) is 8.92. The van der Waals surface area contributed by atoms with Gasteiger partial charge in [-0.25, -0.2) is 4.98 Å². The van der Waals surface area contributed by atoms with E-state index in [1.54, 1.807) is 6.07 Å². The average molecular weight is 414 g/mol. The zero-order valence-corrected chi connectivity index (χ0v) is 18.0. The number of fused-ring (bicyclic) bond motifs is 1. The van der Waals surface area contributed by atoms with Gasteiger partial charge in [-0.15, -0.1) is 0 Å². The number of carbonyl (C=O) groups is 1. The van der Waals surface area contributed by atoms with Crippen molar-refractivity contribution in [3.05, 3.63) is 51.7 Å². The van der Waals surface area contributed by atoms with Crippen molar-refractivity contribution in [2.24, 2.45) is 5.92 Å². The second kappa shape index (κ2) is 8.98. The van der Waals surface area contributed by atoms with E-state index in [1.165, 1.54) is 17.3 Å². The van der Waals surface area contributed by atoms with Crippen LogP contribution in [-0.2, 0) is 17.6 Å². The topological polar surface area (TPSA) is 65.8 Å². The summed E-state index contributed by atoms with van der Waals surface area (Å²) in [6.45, 7) is 6.08. The van der Waals surface area contributed by atoms with Crippen molar-refractivity contribution in [2.45, 2.75) is 56.7 Å². The third-order valence-corrected chi connectivity index (χ3v) is 6.94. The maximum Gasteiger partial charge on any atom is 0.237 e. The molecule has 3 rings (SSSR count). The van der Waals surface area contributed by atoms with Crippen molar-refractivity contribution in [3.63, 3.8) is 0 Å². The molecule has 2 atom stereocenters. The largest absolute Gasteiger partial charge is 0.325 e. The fourth-order valence-corrected chi connectivity index (χ4v) is 4.58. The molecule has 1 N–H and O–H groups in total. The van der Waals surface area contributed by atoms with Gasteiger partial charge in [0.25, 0.3) is 0 Å². The number of hydrogen-bond donors (Lipinski definition) is 1. The highest BCUT2D eigenvalue weighted by molar-refractivity contribution is 8.00. The number of nitrogens with one attached hydrogen (secondary N) is 1. The molecule has 1 aliphatic carbocycles.